The second-order valence-corrected chi connectivity index (χ2v) is 6.38. The Labute approximate surface area is 111 Å². The summed E-state index contributed by atoms with van der Waals surface area (Å²) in [6.07, 6.45) is 5.65. The SMILES string of the molecule is C=CCNC1(C(=O)OC)CCC(C(C)(C)C)CC1. The predicted octanol–water partition coefficient (Wildman–Crippen LogP) is 2.91. The number of ether oxygens (including phenoxy) is 1. The molecule has 0 aliphatic heterocycles. The summed E-state index contributed by atoms with van der Waals surface area (Å²) in [6.45, 7) is 11.2. The highest BCUT2D eigenvalue weighted by molar-refractivity contribution is 5.80. The third-order valence-electron chi connectivity index (χ3n) is 4.22. The average Bonchev–Trinajstić information content (AvgIpc) is 2.34. The first-order valence-electron chi connectivity index (χ1n) is 6.80. The minimum Gasteiger partial charge on any atom is -0.468 e. The van der Waals surface area contributed by atoms with Crippen LogP contribution < -0.4 is 5.32 Å². The maximum absolute atomic E-state index is 12.0. The van der Waals surface area contributed by atoms with E-state index in [0.29, 0.717) is 17.9 Å². The van der Waals surface area contributed by atoms with Gasteiger partial charge in [0.15, 0.2) is 0 Å². The van der Waals surface area contributed by atoms with Crippen LogP contribution in [0.5, 0.6) is 0 Å². The van der Waals surface area contributed by atoms with Gasteiger partial charge in [0.1, 0.15) is 5.54 Å². The molecule has 0 radical (unpaired) electrons. The van der Waals surface area contributed by atoms with Crippen LogP contribution in [0.1, 0.15) is 46.5 Å². The molecule has 18 heavy (non-hydrogen) atoms. The second-order valence-electron chi connectivity index (χ2n) is 6.38. The van der Waals surface area contributed by atoms with Crippen LogP contribution in [0.3, 0.4) is 0 Å². The lowest BCUT2D eigenvalue weighted by Gasteiger charge is -2.42. The highest BCUT2D eigenvalue weighted by Gasteiger charge is 2.44. The summed E-state index contributed by atoms with van der Waals surface area (Å²) in [4.78, 5) is 12.0. The van der Waals surface area contributed by atoms with E-state index in [9.17, 15) is 4.79 Å². The van der Waals surface area contributed by atoms with Crippen molar-refractivity contribution in [3.63, 3.8) is 0 Å². The van der Waals surface area contributed by atoms with Gasteiger partial charge in [0.2, 0.25) is 0 Å². The number of hydrogen-bond acceptors (Lipinski definition) is 3. The van der Waals surface area contributed by atoms with Gasteiger partial charge in [-0.25, -0.2) is 0 Å². The first-order chi connectivity index (χ1) is 8.35. The molecule has 0 aromatic rings. The quantitative estimate of drug-likeness (QED) is 0.618. The van der Waals surface area contributed by atoms with Crippen molar-refractivity contribution >= 4 is 5.97 Å². The van der Waals surface area contributed by atoms with E-state index in [0.717, 1.165) is 25.7 Å². The third kappa shape index (κ3) is 3.35. The molecule has 104 valence electrons. The molecule has 1 saturated carbocycles. The summed E-state index contributed by atoms with van der Waals surface area (Å²) in [5.74, 6) is 0.553. The maximum atomic E-state index is 12.0. The Kier molecular flexibility index (Phi) is 4.97. The Morgan fingerprint density at radius 1 is 1.44 bits per heavy atom. The number of hydrogen-bond donors (Lipinski definition) is 1. The fourth-order valence-electron chi connectivity index (χ4n) is 2.89. The molecule has 0 atom stereocenters. The van der Waals surface area contributed by atoms with E-state index >= 15 is 0 Å². The van der Waals surface area contributed by atoms with Gasteiger partial charge in [0, 0.05) is 6.54 Å². The molecule has 1 rings (SSSR count). The zero-order chi connectivity index (χ0) is 13.8. The van der Waals surface area contributed by atoms with E-state index in [2.05, 4.69) is 32.7 Å². The van der Waals surface area contributed by atoms with Gasteiger partial charge >= 0.3 is 5.97 Å². The van der Waals surface area contributed by atoms with Crippen LogP contribution in [0, 0.1) is 11.3 Å². The summed E-state index contributed by atoms with van der Waals surface area (Å²) in [6, 6.07) is 0. The summed E-state index contributed by atoms with van der Waals surface area (Å²) in [5.41, 5.74) is -0.175. The topological polar surface area (TPSA) is 38.3 Å². The molecule has 0 saturated heterocycles. The molecule has 0 aromatic heterocycles. The molecule has 0 unspecified atom stereocenters. The molecule has 1 aliphatic carbocycles. The number of nitrogens with one attached hydrogen (secondary N) is 1. The van der Waals surface area contributed by atoms with Crippen LogP contribution in [-0.4, -0.2) is 25.2 Å². The molecule has 1 aliphatic rings. The van der Waals surface area contributed by atoms with Crippen molar-refractivity contribution in [2.75, 3.05) is 13.7 Å². The van der Waals surface area contributed by atoms with Crippen molar-refractivity contribution in [2.24, 2.45) is 11.3 Å². The number of carbonyl (C=O) groups excluding carboxylic acids is 1. The van der Waals surface area contributed by atoms with E-state index < -0.39 is 5.54 Å². The largest absolute Gasteiger partial charge is 0.468 e. The van der Waals surface area contributed by atoms with E-state index in [4.69, 9.17) is 4.74 Å². The Morgan fingerprint density at radius 3 is 2.39 bits per heavy atom. The van der Waals surface area contributed by atoms with Gasteiger partial charge in [-0.3, -0.25) is 10.1 Å². The maximum Gasteiger partial charge on any atom is 0.326 e. The monoisotopic (exact) mass is 253 g/mol. The zero-order valence-electron chi connectivity index (χ0n) is 12.2. The predicted molar refractivity (Wildman–Crippen MR) is 74.4 cm³/mol. The molecule has 1 N–H and O–H groups in total. The molecule has 3 heteroatoms. The lowest BCUT2D eigenvalue weighted by molar-refractivity contribution is -0.151. The smallest absolute Gasteiger partial charge is 0.326 e. The normalized spacial score (nSPS) is 28.8. The first kappa shape index (κ1) is 15.2. The Hall–Kier alpha value is -0.830. The van der Waals surface area contributed by atoms with Crippen LogP contribution >= 0.6 is 0 Å². The number of rotatable bonds is 4. The van der Waals surface area contributed by atoms with Crippen LogP contribution in [0.4, 0.5) is 0 Å². The van der Waals surface area contributed by atoms with Crippen molar-refractivity contribution in [1.82, 2.24) is 5.32 Å². The van der Waals surface area contributed by atoms with Gasteiger partial charge in [0.05, 0.1) is 7.11 Å². The minimum atomic E-state index is -0.495. The minimum absolute atomic E-state index is 0.128. The molecule has 0 spiro atoms. The van der Waals surface area contributed by atoms with E-state index in [-0.39, 0.29) is 5.97 Å². The van der Waals surface area contributed by atoms with Gasteiger partial charge in [0.25, 0.3) is 0 Å². The molecule has 0 aromatic carbocycles. The number of esters is 1. The van der Waals surface area contributed by atoms with E-state index in [1.165, 1.54) is 7.11 Å². The van der Waals surface area contributed by atoms with Crippen molar-refractivity contribution < 1.29 is 9.53 Å². The van der Waals surface area contributed by atoms with Gasteiger partial charge in [-0.1, -0.05) is 26.8 Å². The van der Waals surface area contributed by atoms with Crippen molar-refractivity contribution in [2.45, 2.75) is 52.0 Å². The van der Waals surface area contributed by atoms with Crippen molar-refractivity contribution in [3.8, 4) is 0 Å². The van der Waals surface area contributed by atoms with Crippen LogP contribution in [0.15, 0.2) is 12.7 Å². The Bertz CT molecular complexity index is 296. The summed E-state index contributed by atoms with van der Waals surface area (Å²) < 4.78 is 4.98. The summed E-state index contributed by atoms with van der Waals surface area (Å²) >= 11 is 0. The van der Waals surface area contributed by atoms with E-state index in [1.807, 2.05) is 0 Å². The van der Waals surface area contributed by atoms with Gasteiger partial charge in [-0.2, -0.15) is 0 Å². The van der Waals surface area contributed by atoms with E-state index in [1.54, 1.807) is 6.08 Å². The molecular formula is C15H27NO2. The standard InChI is InChI=1S/C15H27NO2/c1-6-11-16-15(13(17)18-5)9-7-12(8-10-15)14(2,3)4/h6,12,16H,1,7-11H2,2-5H3. The molecule has 0 heterocycles. The lowest BCUT2D eigenvalue weighted by atomic mass is 9.67. The zero-order valence-corrected chi connectivity index (χ0v) is 12.2. The van der Waals surface area contributed by atoms with Crippen molar-refractivity contribution in [3.05, 3.63) is 12.7 Å². The molecule has 1 fully saturated rings. The van der Waals surface area contributed by atoms with Gasteiger partial charge < -0.3 is 4.74 Å². The van der Waals surface area contributed by atoms with Gasteiger partial charge in [-0.05, 0) is 37.0 Å². The number of methoxy groups -OCH3 is 1. The van der Waals surface area contributed by atoms with Gasteiger partial charge in [-0.15, -0.1) is 6.58 Å². The van der Waals surface area contributed by atoms with Crippen LogP contribution in [0.25, 0.3) is 0 Å². The first-order valence-corrected chi connectivity index (χ1v) is 6.80. The highest BCUT2D eigenvalue weighted by atomic mass is 16.5. The molecule has 0 amide bonds. The molecular weight excluding hydrogens is 226 g/mol. The summed E-state index contributed by atoms with van der Waals surface area (Å²) in [5, 5.41) is 3.31. The lowest BCUT2D eigenvalue weighted by Crippen LogP contribution is -2.55. The van der Waals surface area contributed by atoms with Crippen molar-refractivity contribution in [1.29, 1.82) is 0 Å². The Morgan fingerprint density at radius 2 is 2.00 bits per heavy atom. The van der Waals surface area contributed by atoms with Crippen LogP contribution in [-0.2, 0) is 9.53 Å². The second kappa shape index (κ2) is 5.87. The fraction of sp³-hybridized carbons (Fsp3) is 0.800. The average molecular weight is 253 g/mol. The highest BCUT2D eigenvalue weighted by Crippen LogP contribution is 2.41. The summed E-state index contributed by atoms with van der Waals surface area (Å²) in [7, 11) is 1.47. The fourth-order valence-corrected chi connectivity index (χ4v) is 2.89. The molecule has 3 nitrogen and oxygen atoms in total. The molecule has 0 bridgehead atoms. The number of carbonyl (C=O) groups is 1. The third-order valence-corrected chi connectivity index (χ3v) is 4.22. The van der Waals surface area contributed by atoms with Crippen LogP contribution in [0.2, 0.25) is 0 Å². The Balaban J connectivity index is 2.73.